The van der Waals surface area contributed by atoms with Gasteiger partial charge >= 0.3 is 5.97 Å². The van der Waals surface area contributed by atoms with Gasteiger partial charge in [0.1, 0.15) is 4.75 Å². The van der Waals surface area contributed by atoms with Crippen molar-refractivity contribution in [1.29, 1.82) is 0 Å². The molecule has 2 nitrogen and oxygen atoms in total. The maximum absolute atomic E-state index is 10.9. The molecule has 64 valence electrons. The Labute approximate surface area is 71.4 Å². The van der Waals surface area contributed by atoms with Gasteiger partial charge < -0.3 is 5.11 Å². The smallest absolute Gasteiger partial charge is 0.319 e. The van der Waals surface area contributed by atoms with Gasteiger partial charge in [-0.1, -0.05) is 13.3 Å². The van der Waals surface area contributed by atoms with Crippen molar-refractivity contribution in [2.45, 2.75) is 37.4 Å². The van der Waals surface area contributed by atoms with Crippen LogP contribution in [-0.2, 0) is 4.79 Å². The van der Waals surface area contributed by atoms with Crippen molar-refractivity contribution in [3.05, 3.63) is 0 Å². The van der Waals surface area contributed by atoms with E-state index in [2.05, 4.69) is 0 Å². The van der Waals surface area contributed by atoms with Crippen LogP contribution in [0.1, 0.15) is 32.6 Å². The van der Waals surface area contributed by atoms with Crippen molar-refractivity contribution in [3.8, 4) is 0 Å². The van der Waals surface area contributed by atoms with Crippen LogP contribution in [0.25, 0.3) is 0 Å². The predicted molar refractivity (Wildman–Crippen MR) is 47.0 cm³/mol. The van der Waals surface area contributed by atoms with Gasteiger partial charge in [-0.25, -0.2) is 0 Å². The summed E-state index contributed by atoms with van der Waals surface area (Å²) in [7, 11) is 0. The van der Waals surface area contributed by atoms with Crippen molar-refractivity contribution >= 4 is 17.7 Å². The molecule has 0 aromatic carbocycles. The fraction of sp³-hybridized carbons (Fsp3) is 0.875. The lowest BCUT2D eigenvalue weighted by atomic mass is 9.98. The molecule has 0 aromatic rings. The lowest BCUT2D eigenvalue weighted by Crippen LogP contribution is -2.36. The lowest BCUT2D eigenvalue weighted by Gasteiger charge is -2.31. The van der Waals surface area contributed by atoms with Crippen LogP contribution in [0.2, 0.25) is 0 Å². The Bertz CT molecular complexity index is 150. The molecule has 0 amide bonds. The highest BCUT2D eigenvalue weighted by atomic mass is 32.2. The fourth-order valence-electron chi connectivity index (χ4n) is 1.45. The third kappa shape index (κ3) is 1.70. The van der Waals surface area contributed by atoms with Crippen LogP contribution >= 0.6 is 11.8 Å². The second-order valence-corrected chi connectivity index (χ2v) is 4.44. The summed E-state index contributed by atoms with van der Waals surface area (Å²) in [6.45, 7) is 1.96. The maximum Gasteiger partial charge on any atom is 0.319 e. The quantitative estimate of drug-likeness (QED) is 0.697. The molecule has 0 bridgehead atoms. The standard InChI is InChI=1S/C8H14O2S/c1-2-8(7(9)10)5-3-4-6-11-8/h2-6H2,1H3,(H,9,10). The van der Waals surface area contributed by atoms with Crippen LogP contribution in [0.5, 0.6) is 0 Å². The predicted octanol–water partition coefficient (Wildman–Crippen LogP) is 2.14. The molecule has 3 heteroatoms. The number of carboxylic acids is 1. The van der Waals surface area contributed by atoms with E-state index in [4.69, 9.17) is 5.11 Å². The normalized spacial score (nSPS) is 31.7. The Morgan fingerprint density at radius 2 is 2.36 bits per heavy atom. The number of hydrogen-bond acceptors (Lipinski definition) is 2. The largest absolute Gasteiger partial charge is 0.480 e. The molecule has 1 fully saturated rings. The maximum atomic E-state index is 10.9. The first-order valence-corrected chi connectivity index (χ1v) is 5.07. The number of carbonyl (C=O) groups is 1. The molecule has 0 aliphatic carbocycles. The average molecular weight is 174 g/mol. The average Bonchev–Trinajstić information content (AvgIpc) is 2.05. The van der Waals surface area contributed by atoms with Crippen LogP contribution in [0.15, 0.2) is 0 Å². The fourth-order valence-corrected chi connectivity index (χ4v) is 2.81. The van der Waals surface area contributed by atoms with Gasteiger partial charge in [0, 0.05) is 0 Å². The first kappa shape index (κ1) is 8.91. The van der Waals surface area contributed by atoms with E-state index in [-0.39, 0.29) is 0 Å². The van der Waals surface area contributed by atoms with Crippen LogP contribution < -0.4 is 0 Å². The molecule has 1 aliphatic heterocycles. The monoisotopic (exact) mass is 174 g/mol. The number of thioether (sulfide) groups is 1. The van der Waals surface area contributed by atoms with E-state index in [1.165, 1.54) is 6.42 Å². The molecular formula is C8H14O2S. The Kier molecular flexibility index (Phi) is 2.82. The number of rotatable bonds is 2. The van der Waals surface area contributed by atoms with Crippen LogP contribution in [0.3, 0.4) is 0 Å². The summed E-state index contributed by atoms with van der Waals surface area (Å²) in [5, 5.41) is 8.97. The summed E-state index contributed by atoms with van der Waals surface area (Å²) >= 11 is 1.62. The number of aliphatic carboxylic acids is 1. The molecule has 0 aromatic heterocycles. The van der Waals surface area contributed by atoms with E-state index >= 15 is 0 Å². The zero-order valence-corrected chi connectivity index (χ0v) is 7.62. The Morgan fingerprint density at radius 1 is 1.64 bits per heavy atom. The highest BCUT2D eigenvalue weighted by Crippen LogP contribution is 2.39. The molecule has 1 unspecified atom stereocenters. The van der Waals surface area contributed by atoms with Crippen molar-refractivity contribution in [2.24, 2.45) is 0 Å². The van der Waals surface area contributed by atoms with E-state index in [1.807, 2.05) is 6.92 Å². The molecule has 1 aliphatic rings. The van der Waals surface area contributed by atoms with Gasteiger partial charge in [-0.15, -0.1) is 11.8 Å². The van der Waals surface area contributed by atoms with E-state index in [0.717, 1.165) is 25.0 Å². The molecule has 11 heavy (non-hydrogen) atoms. The van der Waals surface area contributed by atoms with Gasteiger partial charge in [-0.05, 0) is 25.0 Å². The van der Waals surface area contributed by atoms with Crippen LogP contribution in [0, 0.1) is 0 Å². The first-order chi connectivity index (χ1) is 5.21. The Hall–Kier alpha value is -0.180. The summed E-state index contributed by atoms with van der Waals surface area (Å²) in [5.74, 6) is 0.393. The molecule has 0 spiro atoms. The van der Waals surface area contributed by atoms with E-state index in [1.54, 1.807) is 11.8 Å². The SMILES string of the molecule is CCC1(C(=O)O)CCCCS1. The van der Waals surface area contributed by atoms with Crippen LogP contribution in [-0.4, -0.2) is 21.6 Å². The van der Waals surface area contributed by atoms with Gasteiger partial charge in [-0.3, -0.25) is 4.79 Å². The summed E-state index contributed by atoms with van der Waals surface area (Å²) in [4.78, 5) is 10.9. The van der Waals surface area contributed by atoms with Gasteiger partial charge in [0.25, 0.3) is 0 Å². The van der Waals surface area contributed by atoms with E-state index in [0.29, 0.717) is 0 Å². The summed E-state index contributed by atoms with van der Waals surface area (Å²) < 4.78 is -0.446. The Morgan fingerprint density at radius 3 is 2.64 bits per heavy atom. The summed E-state index contributed by atoms with van der Waals surface area (Å²) in [6, 6.07) is 0. The number of carboxylic acid groups (broad SMARTS) is 1. The van der Waals surface area contributed by atoms with Crippen molar-refractivity contribution < 1.29 is 9.90 Å². The third-order valence-corrected chi connectivity index (χ3v) is 4.03. The Balaban J connectivity index is 2.64. The number of hydrogen-bond donors (Lipinski definition) is 1. The molecular weight excluding hydrogens is 160 g/mol. The highest BCUT2D eigenvalue weighted by Gasteiger charge is 2.38. The summed E-state index contributed by atoms with van der Waals surface area (Å²) in [5.41, 5.74) is 0. The topological polar surface area (TPSA) is 37.3 Å². The minimum Gasteiger partial charge on any atom is -0.480 e. The van der Waals surface area contributed by atoms with Crippen LogP contribution in [0.4, 0.5) is 0 Å². The highest BCUT2D eigenvalue weighted by molar-refractivity contribution is 8.01. The van der Waals surface area contributed by atoms with Gasteiger partial charge in [0.15, 0.2) is 0 Å². The molecule has 0 radical (unpaired) electrons. The minimum absolute atomic E-state index is 0.446. The zero-order valence-electron chi connectivity index (χ0n) is 6.80. The lowest BCUT2D eigenvalue weighted by molar-refractivity contribution is -0.140. The summed E-state index contributed by atoms with van der Waals surface area (Å²) in [6.07, 6.45) is 3.86. The van der Waals surface area contributed by atoms with Gasteiger partial charge in [0.2, 0.25) is 0 Å². The second kappa shape index (κ2) is 3.48. The molecule has 1 rings (SSSR count). The zero-order chi connectivity index (χ0) is 8.32. The molecule has 0 saturated carbocycles. The molecule has 1 heterocycles. The minimum atomic E-state index is -0.621. The first-order valence-electron chi connectivity index (χ1n) is 4.08. The van der Waals surface area contributed by atoms with Crippen molar-refractivity contribution in [2.75, 3.05) is 5.75 Å². The molecule has 1 saturated heterocycles. The molecule has 1 atom stereocenters. The third-order valence-electron chi connectivity index (χ3n) is 2.31. The second-order valence-electron chi connectivity index (χ2n) is 2.96. The van der Waals surface area contributed by atoms with Crippen molar-refractivity contribution in [1.82, 2.24) is 0 Å². The van der Waals surface area contributed by atoms with E-state index in [9.17, 15) is 4.79 Å². The van der Waals surface area contributed by atoms with Gasteiger partial charge in [0.05, 0.1) is 0 Å². The van der Waals surface area contributed by atoms with Gasteiger partial charge in [-0.2, -0.15) is 0 Å². The van der Waals surface area contributed by atoms with E-state index < -0.39 is 10.7 Å². The van der Waals surface area contributed by atoms with Crippen molar-refractivity contribution in [3.63, 3.8) is 0 Å². The molecule has 1 N–H and O–H groups in total.